The molecule has 0 N–H and O–H groups in total. The molecule has 0 unspecified atom stereocenters. The Morgan fingerprint density at radius 1 is 0.455 bits per heavy atom. The summed E-state index contributed by atoms with van der Waals surface area (Å²) in [5.74, 6) is -13.7. The van der Waals surface area contributed by atoms with E-state index in [0.29, 0.717) is 0 Å². The van der Waals surface area contributed by atoms with Crippen LogP contribution in [0, 0.1) is 0 Å². The quantitative estimate of drug-likeness (QED) is 0.224. The number of alkyl halides is 9. The third-order valence-corrected chi connectivity index (χ3v) is 11.2. The van der Waals surface area contributed by atoms with Crippen LogP contribution in [0.4, 0.5) is 39.5 Å². The Hall–Kier alpha value is -2.27. The number of halogens is 9. The monoisotopic (exact) mass is 514 g/mol. The average Bonchev–Trinajstić information content (AvgIpc) is 2.78. The first-order valence-electron chi connectivity index (χ1n) is 9.17. The first kappa shape index (κ1) is 25.4. The maximum atomic E-state index is 15.0. The smallest absolute Gasteiger partial charge is 0.191 e. The molecule has 0 bridgehead atoms. The molecule has 3 aromatic carbocycles. The third-order valence-electron chi connectivity index (χ3n) is 4.57. The Morgan fingerprint density at radius 2 is 0.758 bits per heavy atom. The summed E-state index contributed by atoms with van der Waals surface area (Å²) < 4.78 is 124. The SMILES string of the molecule is FC(F)(F)C(F)(F)C(F)(F)C(F)(F)SS(c1ccccc1)(c1ccccc1)c1ccccc1. The van der Waals surface area contributed by atoms with Crippen molar-refractivity contribution in [1.29, 1.82) is 0 Å². The van der Waals surface area contributed by atoms with Crippen molar-refractivity contribution >= 4 is 19.9 Å². The van der Waals surface area contributed by atoms with Crippen molar-refractivity contribution in [2.45, 2.75) is 38.0 Å². The minimum Gasteiger partial charge on any atom is -0.191 e. The molecule has 0 heterocycles. The molecule has 3 aromatic rings. The fourth-order valence-corrected chi connectivity index (χ4v) is 9.35. The number of hydrogen-bond acceptors (Lipinski definition) is 1. The maximum absolute atomic E-state index is 15.0. The second kappa shape index (κ2) is 8.83. The molecule has 0 aliphatic rings. The first-order valence-corrected chi connectivity index (χ1v) is 12.1. The van der Waals surface area contributed by atoms with E-state index in [1.807, 2.05) is 0 Å². The molecular formula is C22H15F9S2. The molecule has 0 nitrogen and oxygen atoms in total. The van der Waals surface area contributed by atoms with Gasteiger partial charge in [0, 0.05) is 14.7 Å². The molecule has 0 aliphatic carbocycles. The van der Waals surface area contributed by atoms with E-state index in [0.717, 1.165) is 0 Å². The van der Waals surface area contributed by atoms with E-state index >= 15 is 8.78 Å². The largest absolute Gasteiger partial charge is 0.460 e. The van der Waals surface area contributed by atoms with Gasteiger partial charge in [0.15, 0.2) is 0 Å². The summed E-state index contributed by atoms with van der Waals surface area (Å²) in [6.45, 7) is 0. The molecule has 3 rings (SSSR count). The van der Waals surface area contributed by atoms with Gasteiger partial charge in [-0.25, -0.2) is 0 Å². The van der Waals surface area contributed by atoms with Gasteiger partial charge in [0.25, 0.3) is 0 Å². The zero-order valence-corrected chi connectivity index (χ0v) is 18.0. The van der Waals surface area contributed by atoms with E-state index in [9.17, 15) is 30.7 Å². The molecular weight excluding hydrogens is 499 g/mol. The van der Waals surface area contributed by atoms with Crippen LogP contribution in [0.5, 0.6) is 0 Å². The number of benzene rings is 3. The second-order valence-electron chi connectivity index (χ2n) is 6.74. The van der Waals surface area contributed by atoms with Gasteiger partial charge in [-0.1, -0.05) is 54.6 Å². The van der Waals surface area contributed by atoms with Crippen LogP contribution >= 0.6 is 19.9 Å². The Labute approximate surface area is 188 Å². The lowest BCUT2D eigenvalue weighted by Gasteiger charge is -2.44. The van der Waals surface area contributed by atoms with Crippen LogP contribution in [-0.2, 0) is 0 Å². The zero-order chi connectivity index (χ0) is 24.5. The molecule has 0 radical (unpaired) electrons. The molecule has 0 aromatic heterocycles. The third kappa shape index (κ3) is 4.32. The summed E-state index contributed by atoms with van der Waals surface area (Å²) in [5, 5.41) is -5.82. The van der Waals surface area contributed by atoms with Gasteiger partial charge in [-0.2, -0.15) is 39.5 Å². The summed E-state index contributed by atoms with van der Waals surface area (Å²) in [6.07, 6.45) is -6.88. The number of hydrogen-bond donors (Lipinski definition) is 0. The highest BCUT2D eigenvalue weighted by Crippen LogP contribution is 2.81. The van der Waals surface area contributed by atoms with Gasteiger partial charge in [0.2, 0.25) is 0 Å². The fourth-order valence-electron chi connectivity index (χ4n) is 2.96. The van der Waals surface area contributed by atoms with Crippen molar-refractivity contribution in [1.82, 2.24) is 0 Å². The molecule has 0 amide bonds. The van der Waals surface area contributed by atoms with Crippen LogP contribution in [0.1, 0.15) is 0 Å². The lowest BCUT2D eigenvalue weighted by Crippen LogP contribution is -2.59. The maximum Gasteiger partial charge on any atom is 0.460 e. The number of rotatable bonds is 7. The molecule has 0 saturated carbocycles. The molecule has 33 heavy (non-hydrogen) atoms. The molecule has 178 valence electrons. The van der Waals surface area contributed by atoms with Crippen molar-refractivity contribution in [3.05, 3.63) is 91.0 Å². The predicted molar refractivity (Wildman–Crippen MR) is 110 cm³/mol. The van der Waals surface area contributed by atoms with E-state index in [1.54, 1.807) is 0 Å². The Bertz CT molecular complexity index is 957. The Morgan fingerprint density at radius 3 is 1.03 bits per heavy atom. The van der Waals surface area contributed by atoms with E-state index in [1.165, 1.54) is 91.0 Å². The van der Waals surface area contributed by atoms with Gasteiger partial charge >= 0.3 is 23.3 Å². The summed E-state index contributed by atoms with van der Waals surface area (Å²) in [6, 6.07) is 21.3. The standard InChI is InChI=1S/C22H15F9S2/c23-19(24,21(27,28)29)20(25,26)22(30,31)32-33(16-10-4-1-5-11-16,17-12-6-2-7-13-17)18-14-8-3-9-15-18/h1-15H. The van der Waals surface area contributed by atoms with Crippen LogP contribution in [0.15, 0.2) is 106 Å². The van der Waals surface area contributed by atoms with Crippen molar-refractivity contribution in [2.24, 2.45) is 0 Å². The lowest BCUT2D eigenvalue weighted by atomic mass is 10.1. The van der Waals surface area contributed by atoms with Gasteiger partial charge in [-0.15, -0.1) is 9.06 Å². The molecule has 0 saturated heterocycles. The van der Waals surface area contributed by atoms with Gasteiger partial charge in [-0.05, 0) is 47.2 Å². The van der Waals surface area contributed by atoms with Gasteiger partial charge < -0.3 is 0 Å². The van der Waals surface area contributed by atoms with Crippen LogP contribution in [-0.4, -0.2) is 23.3 Å². The second-order valence-corrected chi connectivity index (χ2v) is 11.9. The average molecular weight is 514 g/mol. The van der Waals surface area contributed by atoms with Crippen molar-refractivity contribution < 1.29 is 39.5 Å². The highest BCUT2D eigenvalue weighted by atomic mass is 33.2. The van der Waals surface area contributed by atoms with Crippen LogP contribution < -0.4 is 0 Å². The van der Waals surface area contributed by atoms with Gasteiger partial charge in [0.1, 0.15) is 0 Å². The van der Waals surface area contributed by atoms with E-state index in [4.69, 9.17) is 0 Å². The summed E-state index contributed by atoms with van der Waals surface area (Å²) in [5.41, 5.74) is 0. The molecule has 0 aliphatic heterocycles. The zero-order valence-electron chi connectivity index (χ0n) is 16.4. The summed E-state index contributed by atoms with van der Waals surface area (Å²) in [4.78, 5) is 0.203. The molecule has 11 heteroatoms. The normalized spacial score (nSPS) is 14.2. The van der Waals surface area contributed by atoms with E-state index in [-0.39, 0.29) is 14.7 Å². The van der Waals surface area contributed by atoms with Crippen molar-refractivity contribution in [3.8, 4) is 0 Å². The summed E-state index contributed by atoms with van der Waals surface area (Å²) in [7, 11) is -4.37. The van der Waals surface area contributed by atoms with E-state index < -0.39 is 43.1 Å². The van der Waals surface area contributed by atoms with Crippen LogP contribution in [0.25, 0.3) is 0 Å². The molecule has 0 atom stereocenters. The molecule has 0 fully saturated rings. The molecule has 0 spiro atoms. The van der Waals surface area contributed by atoms with Gasteiger partial charge in [-0.3, -0.25) is 0 Å². The summed E-state index contributed by atoms with van der Waals surface area (Å²) >= 11 is 0. The minimum atomic E-state index is -6.97. The van der Waals surface area contributed by atoms with Crippen molar-refractivity contribution in [2.75, 3.05) is 0 Å². The minimum absolute atomic E-state index is 0.0678. The Kier molecular flexibility index (Phi) is 6.78. The Balaban J connectivity index is 2.31. The topological polar surface area (TPSA) is 0 Å². The van der Waals surface area contributed by atoms with Crippen molar-refractivity contribution in [3.63, 3.8) is 0 Å². The fraction of sp³-hybridized carbons (Fsp3) is 0.182. The highest BCUT2D eigenvalue weighted by Gasteiger charge is 2.82. The highest BCUT2D eigenvalue weighted by molar-refractivity contribution is 8.94. The predicted octanol–water partition coefficient (Wildman–Crippen LogP) is 9.04. The van der Waals surface area contributed by atoms with Crippen LogP contribution in [0.3, 0.4) is 0 Å². The van der Waals surface area contributed by atoms with Gasteiger partial charge in [0.05, 0.1) is 0 Å². The van der Waals surface area contributed by atoms with E-state index in [2.05, 4.69) is 0 Å². The van der Waals surface area contributed by atoms with Crippen LogP contribution in [0.2, 0.25) is 0 Å². The first-order chi connectivity index (χ1) is 15.3. The lowest BCUT2D eigenvalue weighted by molar-refractivity contribution is -0.381.